The van der Waals surface area contributed by atoms with Crippen molar-refractivity contribution in [1.29, 1.82) is 0 Å². The van der Waals surface area contributed by atoms with Crippen molar-refractivity contribution in [3.63, 3.8) is 0 Å². The number of aryl methyl sites for hydroxylation is 1. The molecule has 0 saturated carbocycles. The van der Waals surface area contributed by atoms with Crippen LogP contribution in [0.1, 0.15) is 29.2 Å². The summed E-state index contributed by atoms with van der Waals surface area (Å²) in [6.45, 7) is 2.33. The Labute approximate surface area is 135 Å². The summed E-state index contributed by atoms with van der Waals surface area (Å²) in [5.41, 5.74) is 0.916. The van der Waals surface area contributed by atoms with Gasteiger partial charge < -0.3 is 5.11 Å². The van der Waals surface area contributed by atoms with Gasteiger partial charge >= 0.3 is 0 Å². The summed E-state index contributed by atoms with van der Waals surface area (Å²) in [5, 5.41) is 11.2. The smallest absolute Gasteiger partial charge is 0.240 e. The molecular weight excluding hydrogens is 318 g/mol. The number of hydrogen-bond donors (Lipinski definition) is 2. The predicted molar refractivity (Wildman–Crippen MR) is 89.7 cm³/mol. The third kappa shape index (κ3) is 4.64. The summed E-state index contributed by atoms with van der Waals surface area (Å²) in [6.07, 6.45) is 1.32. The standard InChI is InChI=1S/C16H21NO3S2/c1-13-4-2-5-15(12-13)22(19,20)17-9-7-14(8-10-18)16-6-3-11-21-16/h2-6,11-12,14,17-18H,7-10H2,1H3/t14-/m0/s1. The van der Waals surface area contributed by atoms with Gasteiger partial charge in [-0.05, 0) is 54.8 Å². The summed E-state index contributed by atoms with van der Waals surface area (Å²) in [7, 11) is -3.47. The molecule has 4 nitrogen and oxygen atoms in total. The van der Waals surface area contributed by atoms with Crippen LogP contribution in [0.4, 0.5) is 0 Å². The second-order valence-electron chi connectivity index (χ2n) is 5.23. The summed E-state index contributed by atoms with van der Waals surface area (Å²) in [6, 6.07) is 10.9. The van der Waals surface area contributed by atoms with Gasteiger partial charge in [-0.1, -0.05) is 18.2 Å². The average Bonchev–Trinajstić information content (AvgIpc) is 3.00. The Balaban J connectivity index is 1.97. The van der Waals surface area contributed by atoms with Crippen molar-refractivity contribution in [3.05, 3.63) is 52.2 Å². The molecule has 1 atom stereocenters. The first-order valence-corrected chi connectivity index (χ1v) is 9.60. The Morgan fingerprint density at radius 3 is 2.68 bits per heavy atom. The van der Waals surface area contributed by atoms with E-state index in [1.165, 1.54) is 4.88 Å². The molecule has 2 N–H and O–H groups in total. The van der Waals surface area contributed by atoms with E-state index in [1.807, 2.05) is 30.5 Å². The second-order valence-corrected chi connectivity index (χ2v) is 7.97. The lowest BCUT2D eigenvalue weighted by Crippen LogP contribution is -2.26. The van der Waals surface area contributed by atoms with E-state index < -0.39 is 10.0 Å². The molecule has 0 spiro atoms. The minimum Gasteiger partial charge on any atom is -0.396 e. The van der Waals surface area contributed by atoms with Gasteiger partial charge in [-0.2, -0.15) is 0 Å². The van der Waals surface area contributed by atoms with Gasteiger partial charge in [0.1, 0.15) is 0 Å². The highest BCUT2D eigenvalue weighted by atomic mass is 32.2. The average molecular weight is 339 g/mol. The summed E-state index contributed by atoms with van der Waals surface area (Å²) < 4.78 is 27.2. The molecule has 0 aliphatic heterocycles. The Bertz CT molecular complexity index is 681. The molecule has 0 unspecified atom stereocenters. The zero-order chi connectivity index (χ0) is 16.0. The lowest BCUT2D eigenvalue weighted by molar-refractivity contribution is 0.273. The van der Waals surface area contributed by atoms with Gasteiger partial charge in [-0.3, -0.25) is 0 Å². The van der Waals surface area contributed by atoms with Crippen molar-refractivity contribution in [2.75, 3.05) is 13.2 Å². The zero-order valence-corrected chi connectivity index (χ0v) is 14.2. The third-order valence-electron chi connectivity index (χ3n) is 3.51. The molecule has 0 saturated heterocycles. The molecule has 120 valence electrons. The predicted octanol–water partition coefficient (Wildman–Crippen LogP) is 2.89. The quantitative estimate of drug-likeness (QED) is 0.777. The maximum absolute atomic E-state index is 12.3. The van der Waals surface area contributed by atoms with E-state index in [0.29, 0.717) is 24.3 Å². The summed E-state index contributed by atoms with van der Waals surface area (Å²) in [4.78, 5) is 1.48. The number of sulfonamides is 1. The zero-order valence-electron chi connectivity index (χ0n) is 12.5. The number of thiophene rings is 1. The highest BCUT2D eigenvalue weighted by Gasteiger charge is 2.16. The first kappa shape index (κ1) is 17.1. The van der Waals surface area contributed by atoms with Crippen LogP contribution in [0.3, 0.4) is 0 Å². The Morgan fingerprint density at radius 2 is 2.05 bits per heavy atom. The minimum atomic E-state index is -3.47. The topological polar surface area (TPSA) is 66.4 Å². The molecule has 22 heavy (non-hydrogen) atoms. The van der Waals surface area contributed by atoms with Gasteiger partial charge in [-0.15, -0.1) is 11.3 Å². The molecule has 0 fully saturated rings. The number of rotatable bonds is 8. The van der Waals surface area contributed by atoms with Crippen LogP contribution in [0.5, 0.6) is 0 Å². The molecule has 0 aliphatic carbocycles. The van der Waals surface area contributed by atoms with Crippen LogP contribution in [-0.4, -0.2) is 26.7 Å². The van der Waals surface area contributed by atoms with Crippen molar-refractivity contribution in [2.45, 2.75) is 30.6 Å². The highest BCUT2D eigenvalue weighted by molar-refractivity contribution is 7.89. The molecule has 1 aromatic heterocycles. The van der Waals surface area contributed by atoms with E-state index in [0.717, 1.165) is 5.56 Å². The summed E-state index contributed by atoms with van der Waals surface area (Å²) >= 11 is 1.64. The fourth-order valence-corrected chi connectivity index (χ4v) is 4.39. The maximum Gasteiger partial charge on any atom is 0.240 e. The van der Waals surface area contributed by atoms with E-state index in [9.17, 15) is 8.42 Å². The maximum atomic E-state index is 12.3. The molecular formula is C16H21NO3S2. The largest absolute Gasteiger partial charge is 0.396 e. The fourth-order valence-electron chi connectivity index (χ4n) is 2.34. The number of aliphatic hydroxyl groups is 1. The Kier molecular flexibility index (Phi) is 6.14. The van der Waals surface area contributed by atoms with Crippen LogP contribution < -0.4 is 4.72 Å². The van der Waals surface area contributed by atoms with Gasteiger partial charge in [0.05, 0.1) is 4.90 Å². The molecule has 0 aliphatic rings. The van der Waals surface area contributed by atoms with Gasteiger partial charge in [0.15, 0.2) is 0 Å². The van der Waals surface area contributed by atoms with Crippen molar-refractivity contribution < 1.29 is 13.5 Å². The van der Waals surface area contributed by atoms with E-state index in [2.05, 4.69) is 4.72 Å². The number of nitrogens with one attached hydrogen (secondary N) is 1. The fraction of sp³-hybridized carbons (Fsp3) is 0.375. The van der Waals surface area contributed by atoms with Gasteiger partial charge in [0, 0.05) is 18.0 Å². The van der Waals surface area contributed by atoms with Crippen LogP contribution in [-0.2, 0) is 10.0 Å². The number of hydrogen-bond acceptors (Lipinski definition) is 4. The third-order valence-corrected chi connectivity index (χ3v) is 6.00. The SMILES string of the molecule is Cc1cccc(S(=O)(=O)NCC[C@@H](CCO)c2cccs2)c1. The number of benzene rings is 1. The minimum absolute atomic E-state index is 0.104. The van der Waals surface area contributed by atoms with Crippen LogP contribution in [0.25, 0.3) is 0 Å². The highest BCUT2D eigenvalue weighted by Crippen LogP contribution is 2.27. The molecule has 0 radical (unpaired) electrons. The Hall–Kier alpha value is -1.21. The lowest BCUT2D eigenvalue weighted by atomic mass is 10.0. The molecule has 0 bridgehead atoms. The van der Waals surface area contributed by atoms with Crippen LogP contribution in [0.15, 0.2) is 46.7 Å². The van der Waals surface area contributed by atoms with E-state index in [1.54, 1.807) is 29.5 Å². The van der Waals surface area contributed by atoms with Crippen molar-refractivity contribution in [3.8, 4) is 0 Å². The molecule has 2 rings (SSSR count). The molecule has 2 aromatic rings. The first-order chi connectivity index (χ1) is 10.5. The van der Waals surface area contributed by atoms with Crippen molar-refractivity contribution >= 4 is 21.4 Å². The monoisotopic (exact) mass is 339 g/mol. The first-order valence-electron chi connectivity index (χ1n) is 7.23. The molecule has 0 amide bonds. The Morgan fingerprint density at radius 1 is 1.23 bits per heavy atom. The van der Waals surface area contributed by atoms with Crippen LogP contribution in [0.2, 0.25) is 0 Å². The van der Waals surface area contributed by atoms with Gasteiger partial charge in [0.25, 0.3) is 0 Å². The van der Waals surface area contributed by atoms with Crippen LogP contribution >= 0.6 is 11.3 Å². The molecule has 6 heteroatoms. The second kappa shape index (κ2) is 7.87. The van der Waals surface area contributed by atoms with E-state index in [4.69, 9.17) is 5.11 Å². The van der Waals surface area contributed by atoms with Gasteiger partial charge in [0.2, 0.25) is 10.0 Å². The van der Waals surface area contributed by atoms with E-state index in [-0.39, 0.29) is 12.5 Å². The molecule has 1 heterocycles. The lowest BCUT2D eigenvalue weighted by Gasteiger charge is -2.15. The van der Waals surface area contributed by atoms with Crippen molar-refractivity contribution in [1.82, 2.24) is 4.72 Å². The summed E-state index contributed by atoms with van der Waals surface area (Å²) in [5.74, 6) is 0.185. The van der Waals surface area contributed by atoms with Gasteiger partial charge in [-0.25, -0.2) is 13.1 Å². The van der Waals surface area contributed by atoms with E-state index >= 15 is 0 Å². The number of aliphatic hydroxyl groups excluding tert-OH is 1. The normalized spacial score (nSPS) is 13.2. The van der Waals surface area contributed by atoms with Crippen LogP contribution in [0, 0.1) is 6.92 Å². The molecule has 1 aromatic carbocycles. The van der Waals surface area contributed by atoms with Crippen molar-refractivity contribution in [2.24, 2.45) is 0 Å².